The fourth-order valence-electron chi connectivity index (χ4n) is 1.75. The van der Waals surface area contributed by atoms with Gasteiger partial charge in [-0.3, -0.25) is 4.98 Å². The first kappa shape index (κ1) is 15.2. The Morgan fingerprint density at radius 3 is 2.75 bits per heavy atom. The maximum Gasteiger partial charge on any atom is 0.509 e. The molecule has 0 saturated heterocycles. The molecular weight excluding hydrogens is 273 g/mol. The molecule has 0 bridgehead atoms. The molecule has 0 fully saturated rings. The fraction of sp³-hybridized carbons (Fsp3) is 0.500. The largest absolute Gasteiger partial charge is 0.509 e. The van der Waals surface area contributed by atoms with Gasteiger partial charge < -0.3 is 19.4 Å². The summed E-state index contributed by atoms with van der Waals surface area (Å²) in [5.74, 6) is 0. The van der Waals surface area contributed by atoms with Crippen molar-refractivity contribution in [3.63, 3.8) is 0 Å². The number of ether oxygens (including phenoxy) is 1. The van der Waals surface area contributed by atoms with Crippen LogP contribution in [0, 0.1) is 0 Å². The molecule has 2 rings (SSSR count). The van der Waals surface area contributed by atoms with Crippen LogP contribution in [0.4, 0.5) is 0 Å². The zero-order chi connectivity index (χ0) is 14.8. The number of hydrogen-bond donors (Lipinski definition) is 2. The van der Waals surface area contributed by atoms with Crippen LogP contribution < -0.4 is 5.59 Å². The topological polar surface area (TPSA) is 80.4 Å². The molecule has 0 aliphatic heterocycles. The van der Waals surface area contributed by atoms with E-state index in [0.29, 0.717) is 17.9 Å². The van der Waals surface area contributed by atoms with Gasteiger partial charge in [0.05, 0.1) is 5.59 Å². The highest BCUT2D eigenvalue weighted by atomic mass is 28.3. The van der Waals surface area contributed by atoms with Crippen molar-refractivity contribution in [3.8, 4) is 0 Å². The summed E-state index contributed by atoms with van der Waals surface area (Å²) in [7, 11) is -2.67. The van der Waals surface area contributed by atoms with Gasteiger partial charge >= 0.3 is 7.12 Å². The molecule has 0 amide bonds. The number of aromatic nitrogens is 3. The Kier molecular flexibility index (Phi) is 4.59. The summed E-state index contributed by atoms with van der Waals surface area (Å²) in [6.45, 7) is 8.12. The van der Waals surface area contributed by atoms with E-state index >= 15 is 0 Å². The molecule has 2 N–H and O–H groups in total. The fourth-order valence-corrected chi connectivity index (χ4v) is 2.50. The second-order valence-electron chi connectivity index (χ2n) is 6.01. The molecule has 6 nitrogen and oxygen atoms in total. The molecule has 8 heteroatoms. The van der Waals surface area contributed by atoms with Gasteiger partial charge in [-0.15, -0.1) is 0 Å². The average molecular weight is 293 g/mol. The first-order valence-electron chi connectivity index (χ1n) is 6.62. The quantitative estimate of drug-likeness (QED) is 0.596. The number of hydrogen-bond acceptors (Lipinski definition) is 5. The lowest BCUT2D eigenvalue weighted by Gasteiger charge is -2.15. The van der Waals surface area contributed by atoms with Crippen LogP contribution in [0.2, 0.25) is 25.7 Å². The molecule has 0 aliphatic carbocycles. The molecule has 2 aromatic heterocycles. The van der Waals surface area contributed by atoms with Crippen molar-refractivity contribution in [2.24, 2.45) is 0 Å². The van der Waals surface area contributed by atoms with E-state index in [1.54, 1.807) is 6.07 Å². The van der Waals surface area contributed by atoms with Crippen LogP contribution in [-0.4, -0.2) is 46.4 Å². The summed E-state index contributed by atoms with van der Waals surface area (Å²) >= 11 is 0. The predicted molar refractivity (Wildman–Crippen MR) is 81.5 cm³/mol. The smallest absolute Gasteiger partial charge is 0.422 e. The van der Waals surface area contributed by atoms with E-state index in [4.69, 9.17) is 14.8 Å². The minimum atomic E-state index is -1.59. The van der Waals surface area contributed by atoms with Gasteiger partial charge in [0.15, 0.2) is 5.65 Å². The molecule has 20 heavy (non-hydrogen) atoms. The van der Waals surface area contributed by atoms with E-state index in [0.717, 1.165) is 12.7 Å². The van der Waals surface area contributed by atoms with Gasteiger partial charge in [-0.25, -0.2) is 4.98 Å². The van der Waals surface area contributed by atoms with E-state index in [1.807, 2.05) is 10.8 Å². The number of fused-ring (bicyclic) bond motifs is 1. The zero-order valence-corrected chi connectivity index (χ0v) is 13.1. The van der Waals surface area contributed by atoms with Crippen molar-refractivity contribution < 1.29 is 14.8 Å². The van der Waals surface area contributed by atoms with Crippen molar-refractivity contribution in [3.05, 3.63) is 18.5 Å². The van der Waals surface area contributed by atoms with Crippen LogP contribution in [0.15, 0.2) is 18.5 Å². The molecule has 0 radical (unpaired) electrons. The zero-order valence-electron chi connectivity index (χ0n) is 12.1. The Morgan fingerprint density at radius 1 is 1.35 bits per heavy atom. The van der Waals surface area contributed by atoms with Gasteiger partial charge in [0, 0.05) is 27.1 Å². The maximum atomic E-state index is 9.06. The Bertz CT molecular complexity index is 583. The highest BCUT2D eigenvalue weighted by Crippen LogP contribution is 2.11. The minimum absolute atomic E-state index is 0.148. The third kappa shape index (κ3) is 3.89. The second-order valence-corrected chi connectivity index (χ2v) is 11.6. The van der Waals surface area contributed by atoms with E-state index in [1.165, 1.54) is 6.20 Å². The summed E-state index contributed by atoms with van der Waals surface area (Å²) < 4.78 is 7.53. The molecular formula is C12H20BN3O3Si. The molecule has 0 aliphatic rings. The molecule has 108 valence electrons. The molecule has 0 saturated carbocycles. The van der Waals surface area contributed by atoms with Crippen LogP contribution in [0.1, 0.15) is 0 Å². The Morgan fingerprint density at radius 2 is 2.10 bits per heavy atom. The van der Waals surface area contributed by atoms with Gasteiger partial charge in [0.2, 0.25) is 0 Å². The first-order chi connectivity index (χ1) is 9.37. The van der Waals surface area contributed by atoms with Crippen LogP contribution in [0.3, 0.4) is 0 Å². The monoisotopic (exact) mass is 293 g/mol. The van der Waals surface area contributed by atoms with E-state index in [9.17, 15) is 0 Å². The normalized spacial score (nSPS) is 12.1. The lowest BCUT2D eigenvalue weighted by molar-refractivity contribution is 0.0899. The highest BCUT2D eigenvalue weighted by Gasteiger charge is 2.15. The van der Waals surface area contributed by atoms with Crippen LogP contribution in [-0.2, 0) is 11.5 Å². The van der Waals surface area contributed by atoms with Crippen molar-refractivity contribution in [1.82, 2.24) is 14.5 Å². The standard InChI is InChI=1S/C12H20BN3O3Si/c1-20(2,3)7-6-19-9-16-5-4-10-12(16)14-8-11(15-10)13(17)18/h4-5,8,17-18H,6-7,9H2,1-3H3. The van der Waals surface area contributed by atoms with Crippen LogP contribution >= 0.6 is 0 Å². The summed E-state index contributed by atoms with van der Waals surface area (Å²) in [5.41, 5.74) is 1.46. The molecule has 0 aromatic carbocycles. The van der Waals surface area contributed by atoms with Gasteiger partial charge in [-0.2, -0.15) is 0 Å². The number of rotatable bonds is 6. The first-order valence-corrected chi connectivity index (χ1v) is 10.3. The molecule has 0 atom stereocenters. The van der Waals surface area contributed by atoms with E-state index in [-0.39, 0.29) is 5.59 Å². The Balaban J connectivity index is 2.01. The van der Waals surface area contributed by atoms with Gasteiger partial charge in [0.1, 0.15) is 12.2 Å². The number of nitrogens with zero attached hydrogens (tertiary/aromatic N) is 3. The summed E-state index contributed by atoms with van der Waals surface area (Å²) in [4.78, 5) is 8.33. The molecule has 2 heterocycles. The molecule has 0 spiro atoms. The van der Waals surface area contributed by atoms with Gasteiger partial charge in [-0.1, -0.05) is 19.6 Å². The summed E-state index contributed by atoms with van der Waals surface area (Å²) in [6, 6.07) is 2.91. The molecule has 0 unspecified atom stereocenters. The predicted octanol–water partition coefficient (Wildman–Crippen LogP) is 0.423. The SMILES string of the molecule is C[Si](C)(C)CCOCn1ccc2nc(B(O)O)cnc21. The van der Waals surface area contributed by atoms with Gasteiger partial charge in [0.25, 0.3) is 0 Å². The highest BCUT2D eigenvalue weighted by molar-refractivity contribution is 6.76. The minimum Gasteiger partial charge on any atom is -0.422 e. The summed E-state index contributed by atoms with van der Waals surface area (Å²) in [6.07, 6.45) is 3.21. The lowest BCUT2D eigenvalue weighted by Crippen LogP contribution is -2.33. The van der Waals surface area contributed by atoms with Crippen LogP contribution in [0.25, 0.3) is 11.2 Å². The van der Waals surface area contributed by atoms with Crippen molar-refractivity contribution in [1.29, 1.82) is 0 Å². The van der Waals surface area contributed by atoms with Crippen molar-refractivity contribution >= 4 is 31.9 Å². The van der Waals surface area contributed by atoms with Gasteiger partial charge in [-0.05, 0) is 12.1 Å². The average Bonchev–Trinajstić information content (AvgIpc) is 2.76. The molecule has 2 aromatic rings. The summed E-state index contributed by atoms with van der Waals surface area (Å²) in [5, 5.41) is 18.1. The van der Waals surface area contributed by atoms with E-state index in [2.05, 4.69) is 29.6 Å². The Hall–Kier alpha value is -1.22. The lowest BCUT2D eigenvalue weighted by atomic mass is 9.87. The Labute approximate surface area is 119 Å². The van der Waals surface area contributed by atoms with Crippen molar-refractivity contribution in [2.45, 2.75) is 32.4 Å². The van der Waals surface area contributed by atoms with Crippen molar-refractivity contribution in [2.75, 3.05) is 6.61 Å². The third-order valence-electron chi connectivity index (χ3n) is 2.97. The second kappa shape index (κ2) is 6.05. The van der Waals surface area contributed by atoms with E-state index < -0.39 is 15.2 Å². The maximum absolute atomic E-state index is 9.06. The van der Waals surface area contributed by atoms with Crippen LogP contribution in [0.5, 0.6) is 0 Å². The third-order valence-corrected chi connectivity index (χ3v) is 4.68.